The molecule has 0 heterocycles. The van der Waals surface area contributed by atoms with Crippen LogP contribution in [0, 0.1) is 19.3 Å². The first kappa shape index (κ1) is 12.1. The predicted octanol–water partition coefficient (Wildman–Crippen LogP) is 3.32. The van der Waals surface area contributed by atoms with Crippen LogP contribution in [0.1, 0.15) is 30.5 Å². The molecule has 0 saturated carbocycles. The summed E-state index contributed by atoms with van der Waals surface area (Å²) in [6, 6.07) is 6.20. The van der Waals surface area contributed by atoms with E-state index < -0.39 is 0 Å². The molecule has 1 aromatic carbocycles. The average Bonchev–Trinajstić information content (AvgIpc) is 2.22. The van der Waals surface area contributed by atoms with Crippen LogP contribution in [0.15, 0.2) is 18.2 Å². The van der Waals surface area contributed by atoms with Crippen molar-refractivity contribution in [1.29, 1.82) is 0 Å². The van der Waals surface area contributed by atoms with Crippen molar-refractivity contribution >= 4 is 11.6 Å². The molecule has 0 amide bonds. The van der Waals surface area contributed by atoms with E-state index in [0.717, 1.165) is 22.7 Å². The molecule has 80 valence electrons. The predicted molar refractivity (Wildman–Crippen MR) is 66.1 cm³/mol. The van der Waals surface area contributed by atoms with Crippen molar-refractivity contribution in [3.63, 3.8) is 0 Å². The van der Waals surface area contributed by atoms with Gasteiger partial charge < -0.3 is 5.32 Å². The van der Waals surface area contributed by atoms with Crippen LogP contribution >= 0.6 is 11.6 Å². The molecule has 0 saturated heterocycles. The molecule has 1 aromatic rings. The van der Waals surface area contributed by atoms with E-state index in [2.05, 4.69) is 18.2 Å². The van der Waals surface area contributed by atoms with E-state index in [-0.39, 0.29) is 6.04 Å². The van der Waals surface area contributed by atoms with Gasteiger partial charge in [-0.05, 0) is 24.6 Å². The molecule has 0 radical (unpaired) electrons. The number of benzene rings is 1. The molecule has 0 bridgehead atoms. The summed E-state index contributed by atoms with van der Waals surface area (Å²) < 4.78 is 0. The van der Waals surface area contributed by atoms with Gasteiger partial charge in [0.2, 0.25) is 0 Å². The highest BCUT2D eigenvalue weighted by Crippen LogP contribution is 2.27. The first-order valence-electron chi connectivity index (χ1n) is 5.12. The third-order valence-corrected chi connectivity index (χ3v) is 2.89. The van der Waals surface area contributed by atoms with E-state index in [1.807, 2.05) is 25.1 Å². The minimum Gasteiger partial charge on any atom is -0.309 e. The van der Waals surface area contributed by atoms with Crippen molar-refractivity contribution in [2.24, 2.45) is 0 Å². The fourth-order valence-electron chi connectivity index (χ4n) is 1.60. The van der Waals surface area contributed by atoms with Crippen molar-refractivity contribution in [3.05, 3.63) is 34.3 Å². The van der Waals surface area contributed by atoms with Gasteiger partial charge in [0.05, 0.1) is 0 Å². The van der Waals surface area contributed by atoms with Crippen LogP contribution in [0.5, 0.6) is 0 Å². The van der Waals surface area contributed by atoms with Crippen LogP contribution < -0.4 is 5.32 Å². The molecular weight excluding hydrogens is 206 g/mol. The summed E-state index contributed by atoms with van der Waals surface area (Å²) in [7, 11) is 0. The molecule has 0 aliphatic rings. The Labute approximate surface area is 96.8 Å². The van der Waals surface area contributed by atoms with Gasteiger partial charge in [0.1, 0.15) is 0 Å². The second-order valence-electron chi connectivity index (χ2n) is 3.50. The molecule has 0 aliphatic heterocycles. The Morgan fingerprint density at radius 2 is 2.27 bits per heavy atom. The highest BCUT2D eigenvalue weighted by atomic mass is 35.5. The van der Waals surface area contributed by atoms with Crippen LogP contribution in [-0.4, -0.2) is 6.54 Å². The number of hydrogen-bond acceptors (Lipinski definition) is 1. The SMILES string of the molecule is C#CCC(NCC)c1cccc(C)c1Cl. The maximum atomic E-state index is 6.25. The van der Waals surface area contributed by atoms with Gasteiger partial charge in [0.15, 0.2) is 0 Å². The Bertz CT molecular complexity index is 365. The quantitative estimate of drug-likeness (QED) is 0.770. The molecule has 15 heavy (non-hydrogen) atoms. The zero-order valence-electron chi connectivity index (χ0n) is 9.18. The van der Waals surface area contributed by atoms with Gasteiger partial charge in [-0.15, -0.1) is 12.3 Å². The lowest BCUT2D eigenvalue weighted by Crippen LogP contribution is -2.20. The molecule has 2 heteroatoms. The Morgan fingerprint density at radius 3 is 2.87 bits per heavy atom. The third-order valence-electron chi connectivity index (χ3n) is 2.37. The Hall–Kier alpha value is -0.970. The highest BCUT2D eigenvalue weighted by Gasteiger charge is 2.13. The number of nitrogens with one attached hydrogen (secondary N) is 1. The van der Waals surface area contributed by atoms with Crippen LogP contribution in [0.4, 0.5) is 0 Å². The van der Waals surface area contributed by atoms with Crippen LogP contribution in [-0.2, 0) is 0 Å². The first-order valence-corrected chi connectivity index (χ1v) is 5.50. The van der Waals surface area contributed by atoms with Gasteiger partial charge in [-0.2, -0.15) is 0 Å². The zero-order valence-corrected chi connectivity index (χ0v) is 9.93. The monoisotopic (exact) mass is 221 g/mol. The Balaban J connectivity index is 3.00. The third kappa shape index (κ3) is 2.99. The fourth-order valence-corrected chi connectivity index (χ4v) is 1.85. The van der Waals surface area contributed by atoms with Gasteiger partial charge in [-0.1, -0.05) is 36.7 Å². The largest absolute Gasteiger partial charge is 0.309 e. The standard InChI is InChI=1S/C13H16ClN/c1-4-7-12(15-5-2)11-9-6-8-10(3)13(11)14/h1,6,8-9,12,15H,5,7H2,2-3H3. The molecule has 1 nitrogen and oxygen atoms in total. The van der Waals surface area contributed by atoms with E-state index in [9.17, 15) is 0 Å². The summed E-state index contributed by atoms with van der Waals surface area (Å²) >= 11 is 6.25. The lowest BCUT2D eigenvalue weighted by Gasteiger charge is -2.18. The topological polar surface area (TPSA) is 12.0 Å². The van der Waals surface area contributed by atoms with Crippen LogP contribution in [0.25, 0.3) is 0 Å². The van der Waals surface area contributed by atoms with Gasteiger partial charge in [0, 0.05) is 17.5 Å². The summed E-state index contributed by atoms with van der Waals surface area (Å²) in [5.41, 5.74) is 2.19. The van der Waals surface area contributed by atoms with Gasteiger partial charge in [0.25, 0.3) is 0 Å². The van der Waals surface area contributed by atoms with Gasteiger partial charge >= 0.3 is 0 Å². The molecule has 0 fully saturated rings. The van der Waals surface area contributed by atoms with Crippen molar-refractivity contribution in [2.75, 3.05) is 6.54 Å². The van der Waals surface area contributed by atoms with E-state index in [1.165, 1.54) is 0 Å². The number of rotatable bonds is 4. The Kier molecular flexibility index (Phi) is 4.68. The lowest BCUT2D eigenvalue weighted by molar-refractivity contribution is 0.565. The summed E-state index contributed by atoms with van der Waals surface area (Å²) in [4.78, 5) is 0. The smallest absolute Gasteiger partial charge is 0.0483 e. The number of aryl methyl sites for hydroxylation is 1. The average molecular weight is 222 g/mol. The van der Waals surface area contributed by atoms with E-state index in [4.69, 9.17) is 18.0 Å². The van der Waals surface area contributed by atoms with Crippen molar-refractivity contribution in [1.82, 2.24) is 5.32 Å². The molecular formula is C13H16ClN. The normalized spacial score (nSPS) is 12.1. The number of hydrogen-bond donors (Lipinski definition) is 1. The maximum Gasteiger partial charge on any atom is 0.0483 e. The molecule has 0 aliphatic carbocycles. The van der Waals surface area contributed by atoms with Crippen LogP contribution in [0.2, 0.25) is 5.02 Å². The summed E-state index contributed by atoms with van der Waals surface area (Å²) in [5, 5.41) is 4.16. The van der Waals surface area contributed by atoms with Gasteiger partial charge in [-0.3, -0.25) is 0 Å². The van der Waals surface area contributed by atoms with Gasteiger partial charge in [-0.25, -0.2) is 0 Å². The second kappa shape index (κ2) is 5.80. The number of terminal acetylenes is 1. The fraction of sp³-hybridized carbons (Fsp3) is 0.385. The molecule has 1 N–H and O–H groups in total. The Morgan fingerprint density at radius 1 is 1.53 bits per heavy atom. The van der Waals surface area contributed by atoms with E-state index >= 15 is 0 Å². The first-order chi connectivity index (χ1) is 7.20. The van der Waals surface area contributed by atoms with Crippen molar-refractivity contribution in [2.45, 2.75) is 26.3 Å². The lowest BCUT2D eigenvalue weighted by atomic mass is 10.0. The molecule has 0 aromatic heterocycles. The summed E-state index contributed by atoms with van der Waals surface area (Å²) in [6.45, 7) is 4.95. The van der Waals surface area contributed by atoms with Crippen molar-refractivity contribution in [3.8, 4) is 12.3 Å². The highest BCUT2D eigenvalue weighted by molar-refractivity contribution is 6.32. The maximum absolute atomic E-state index is 6.25. The van der Waals surface area contributed by atoms with Crippen molar-refractivity contribution < 1.29 is 0 Å². The van der Waals surface area contributed by atoms with E-state index in [1.54, 1.807) is 0 Å². The molecule has 1 atom stereocenters. The molecule has 0 spiro atoms. The second-order valence-corrected chi connectivity index (χ2v) is 3.87. The van der Waals surface area contributed by atoms with Crippen LogP contribution in [0.3, 0.4) is 0 Å². The number of halogens is 1. The van der Waals surface area contributed by atoms with E-state index in [0.29, 0.717) is 6.42 Å². The molecule has 1 unspecified atom stereocenters. The summed E-state index contributed by atoms with van der Waals surface area (Å²) in [5.74, 6) is 2.68. The minimum atomic E-state index is 0.160. The minimum absolute atomic E-state index is 0.160. The molecule has 1 rings (SSSR count). The summed E-state index contributed by atoms with van der Waals surface area (Å²) in [6.07, 6.45) is 6.02. The zero-order chi connectivity index (χ0) is 11.3.